The smallest absolute Gasteiger partial charge is 0.376 e. The Morgan fingerprint density at radius 2 is 1.29 bits per heavy atom. The molecule has 0 atom stereocenters. The number of hydrogen-bond donors (Lipinski definition) is 0. The van der Waals surface area contributed by atoms with Gasteiger partial charge in [0.2, 0.25) is 0 Å². The Labute approximate surface area is 163 Å². The normalized spacial score (nSPS) is 15.3. The number of aryl methyl sites for hydroxylation is 1. The molecule has 2 aromatic carbocycles. The summed E-state index contributed by atoms with van der Waals surface area (Å²) >= 11 is 0. The van der Waals surface area contributed by atoms with E-state index in [1.54, 1.807) is 19.0 Å². The molecule has 0 aliphatic carbocycles. The van der Waals surface area contributed by atoms with Gasteiger partial charge in [-0.3, -0.25) is 0 Å². The fourth-order valence-electron chi connectivity index (χ4n) is 4.34. The molecule has 0 fully saturated rings. The Morgan fingerprint density at radius 1 is 0.786 bits per heavy atom. The van der Waals surface area contributed by atoms with E-state index in [4.69, 9.17) is 0 Å². The highest BCUT2D eigenvalue weighted by molar-refractivity contribution is 5.84. The van der Waals surface area contributed by atoms with Crippen LogP contribution in [0.4, 0.5) is 35.9 Å². The molecule has 2 bridgehead atoms. The van der Waals surface area contributed by atoms with E-state index in [-0.39, 0.29) is 0 Å². The summed E-state index contributed by atoms with van der Waals surface area (Å²) in [6.07, 6.45) is -4.36. The van der Waals surface area contributed by atoms with Crippen LogP contribution in [0.1, 0.15) is 22.3 Å². The van der Waals surface area contributed by atoms with Crippen molar-refractivity contribution in [3.63, 3.8) is 0 Å². The molecule has 0 amide bonds. The van der Waals surface area contributed by atoms with Crippen LogP contribution >= 0.6 is 0 Å². The highest BCUT2D eigenvalue weighted by Gasteiger charge is 2.37. The molecule has 2 aliphatic heterocycles. The van der Waals surface area contributed by atoms with Crippen molar-refractivity contribution in [1.29, 1.82) is 0 Å². The Balaban J connectivity index is 1.89. The van der Waals surface area contributed by atoms with Crippen molar-refractivity contribution in [2.75, 3.05) is 54.5 Å². The molecule has 2 aromatic rings. The van der Waals surface area contributed by atoms with Gasteiger partial charge < -0.3 is 19.6 Å². The molecule has 7 heteroatoms. The van der Waals surface area contributed by atoms with Gasteiger partial charge in [-0.15, -0.1) is 0 Å². The summed E-state index contributed by atoms with van der Waals surface area (Å²) in [4.78, 5) is 8.24. The van der Waals surface area contributed by atoms with Crippen LogP contribution in [0.15, 0.2) is 24.3 Å². The van der Waals surface area contributed by atoms with Gasteiger partial charge in [0.1, 0.15) is 0 Å². The first kappa shape index (κ1) is 18.8. The third-order valence-electron chi connectivity index (χ3n) is 5.47. The highest BCUT2D eigenvalue weighted by atomic mass is 19.4. The predicted octanol–water partition coefficient (Wildman–Crippen LogP) is 4.44. The Morgan fingerprint density at radius 3 is 1.79 bits per heavy atom. The van der Waals surface area contributed by atoms with Gasteiger partial charge in [-0.2, -0.15) is 13.2 Å². The summed E-state index contributed by atoms with van der Waals surface area (Å²) in [5, 5.41) is 0. The lowest BCUT2D eigenvalue weighted by Crippen LogP contribution is -2.47. The fourth-order valence-corrected chi connectivity index (χ4v) is 4.34. The van der Waals surface area contributed by atoms with Crippen LogP contribution in [0, 0.1) is 6.92 Å². The minimum absolute atomic E-state index is 0.466. The SMILES string of the molecule is Cc1cc2c(c(N(C)C)c1)N1Cc3cc(C(F)(F)F)cc(N(C)C)c3N(C2)C1. The van der Waals surface area contributed by atoms with Crippen LogP contribution < -0.4 is 19.6 Å². The van der Waals surface area contributed by atoms with E-state index in [2.05, 4.69) is 33.8 Å². The lowest BCUT2D eigenvalue weighted by molar-refractivity contribution is -0.137. The van der Waals surface area contributed by atoms with E-state index in [0.29, 0.717) is 25.4 Å². The van der Waals surface area contributed by atoms with Crippen LogP contribution in [0.2, 0.25) is 0 Å². The van der Waals surface area contributed by atoms with Crippen molar-refractivity contribution in [3.05, 3.63) is 46.5 Å². The van der Waals surface area contributed by atoms with Gasteiger partial charge in [0, 0.05) is 41.3 Å². The van der Waals surface area contributed by atoms with Crippen molar-refractivity contribution < 1.29 is 13.2 Å². The minimum Gasteiger partial charge on any atom is -0.376 e. The van der Waals surface area contributed by atoms with Crippen LogP contribution in [-0.2, 0) is 19.3 Å². The van der Waals surface area contributed by atoms with Crippen molar-refractivity contribution in [1.82, 2.24) is 0 Å². The highest BCUT2D eigenvalue weighted by Crippen LogP contribution is 2.47. The predicted molar refractivity (Wildman–Crippen MR) is 109 cm³/mol. The summed E-state index contributed by atoms with van der Waals surface area (Å²) in [6, 6.07) is 6.91. The summed E-state index contributed by atoms with van der Waals surface area (Å²) in [7, 11) is 7.61. The lowest BCUT2D eigenvalue weighted by Gasteiger charge is -2.47. The zero-order valence-electron chi connectivity index (χ0n) is 16.9. The summed E-state index contributed by atoms with van der Waals surface area (Å²) in [5.41, 5.74) is 6.30. The number of rotatable bonds is 2. The number of nitrogens with zero attached hydrogens (tertiary/aromatic N) is 4. The van der Waals surface area contributed by atoms with Gasteiger partial charge in [0.15, 0.2) is 0 Å². The number of halogens is 3. The Bertz CT molecular complexity index is 934. The van der Waals surface area contributed by atoms with Gasteiger partial charge in [-0.25, -0.2) is 0 Å². The largest absolute Gasteiger partial charge is 0.416 e. The molecule has 0 spiro atoms. The van der Waals surface area contributed by atoms with E-state index in [1.807, 2.05) is 14.1 Å². The minimum atomic E-state index is -4.36. The lowest BCUT2D eigenvalue weighted by atomic mass is 9.96. The molecule has 0 unspecified atom stereocenters. The van der Waals surface area contributed by atoms with Crippen LogP contribution in [-0.4, -0.2) is 34.9 Å². The molecule has 2 heterocycles. The molecule has 28 heavy (non-hydrogen) atoms. The molecular weight excluding hydrogens is 365 g/mol. The Hall–Kier alpha value is -2.57. The average molecular weight is 390 g/mol. The zero-order valence-corrected chi connectivity index (χ0v) is 16.9. The summed E-state index contributed by atoms with van der Waals surface area (Å²) < 4.78 is 40.5. The maximum Gasteiger partial charge on any atom is 0.416 e. The molecule has 4 rings (SSSR count). The number of anilines is 4. The number of fused-ring (bicyclic) bond motifs is 6. The van der Waals surface area contributed by atoms with Gasteiger partial charge in [0.25, 0.3) is 0 Å². The second-order valence-corrected chi connectivity index (χ2v) is 8.12. The second-order valence-electron chi connectivity index (χ2n) is 8.12. The molecule has 0 radical (unpaired) electrons. The molecule has 0 saturated carbocycles. The monoisotopic (exact) mass is 390 g/mol. The van der Waals surface area contributed by atoms with E-state index in [1.165, 1.54) is 23.3 Å². The van der Waals surface area contributed by atoms with Crippen LogP contribution in [0.25, 0.3) is 0 Å². The molecule has 0 N–H and O–H groups in total. The molecule has 4 nitrogen and oxygen atoms in total. The van der Waals surface area contributed by atoms with Crippen molar-refractivity contribution >= 4 is 22.7 Å². The molecule has 2 aliphatic rings. The maximum absolute atomic E-state index is 13.5. The fraction of sp³-hybridized carbons (Fsp3) is 0.429. The van der Waals surface area contributed by atoms with Crippen molar-refractivity contribution in [2.24, 2.45) is 0 Å². The standard InChI is InChI=1S/C21H25F3N4/c1-13-6-14-10-27-12-28(19(14)17(7-13)25(2)3)11-15-8-16(21(22,23)24)9-18(20(15)27)26(4)5/h6-9H,10-12H2,1-5H3. The first-order valence-electron chi connectivity index (χ1n) is 9.28. The first-order chi connectivity index (χ1) is 13.1. The van der Waals surface area contributed by atoms with E-state index in [9.17, 15) is 13.2 Å². The number of alkyl halides is 3. The molecular formula is C21H25F3N4. The Kier molecular flexibility index (Phi) is 4.17. The van der Waals surface area contributed by atoms with Gasteiger partial charge in [0.05, 0.1) is 35.0 Å². The van der Waals surface area contributed by atoms with Gasteiger partial charge in [-0.05, 0) is 41.8 Å². The van der Waals surface area contributed by atoms with E-state index < -0.39 is 11.7 Å². The average Bonchev–Trinajstić information content (AvgIpc) is 2.58. The summed E-state index contributed by atoms with van der Waals surface area (Å²) in [6.45, 7) is 3.91. The molecule has 0 saturated heterocycles. The molecule has 150 valence electrons. The summed E-state index contributed by atoms with van der Waals surface area (Å²) in [5.74, 6) is 0. The van der Waals surface area contributed by atoms with Crippen LogP contribution in [0.3, 0.4) is 0 Å². The topological polar surface area (TPSA) is 13.0 Å². The van der Waals surface area contributed by atoms with Crippen molar-refractivity contribution in [2.45, 2.75) is 26.2 Å². The van der Waals surface area contributed by atoms with Crippen LogP contribution in [0.5, 0.6) is 0 Å². The number of hydrogen-bond acceptors (Lipinski definition) is 4. The maximum atomic E-state index is 13.5. The van der Waals surface area contributed by atoms with Gasteiger partial charge in [-0.1, -0.05) is 6.07 Å². The third-order valence-corrected chi connectivity index (χ3v) is 5.47. The third kappa shape index (κ3) is 2.93. The molecule has 0 aromatic heterocycles. The zero-order chi connectivity index (χ0) is 20.4. The quantitative estimate of drug-likeness (QED) is 0.751. The van der Waals surface area contributed by atoms with E-state index in [0.717, 1.165) is 22.6 Å². The van der Waals surface area contributed by atoms with E-state index >= 15 is 0 Å². The van der Waals surface area contributed by atoms with Crippen molar-refractivity contribution in [3.8, 4) is 0 Å². The second kappa shape index (κ2) is 6.22. The van der Waals surface area contributed by atoms with Gasteiger partial charge >= 0.3 is 6.18 Å². The number of benzene rings is 2. The first-order valence-corrected chi connectivity index (χ1v) is 9.28.